The smallest absolute Gasteiger partial charge is 0.107 e. The fraction of sp³-hybridized carbons (Fsp3) is 0.360. The van der Waals surface area contributed by atoms with Crippen LogP contribution < -0.4 is 5.32 Å². The van der Waals surface area contributed by atoms with Crippen molar-refractivity contribution in [3.8, 4) is 0 Å². The molecule has 0 aliphatic heterocycles. The maximum Gasteiger partial charge on any atom is 0.107 e. The number of aryl methyl sites for hydroxylation is 3. The van der Waals surface area contributed by atoms with Crippen LogP contribution in [-0.4, -0.2) is 17.2 Å². The molecule has 0 bridgehead atoms. The van der Waals surface area contributed by atoms with E-state index in [2.05, 4.69) is 112 Å². The van der Waals surface area contributed by atoms with Gasteiger partial charge in [0.25, 0.3) is 0 Å². The highest BCUT2D eigenvalue weighted by atomic mass is 28.3. The van der Waals surface area contributed by atoms with Crippen molar-refractivity contribution in [1.29, 1.82) is 0 Å². The molecular weight excluding hydrogens is 356 g/mol. The Labute approximate surface area is 170 Å². The van der Waals surface area contributed by atoms with Crippen LogP contribution in [-0.2, 0) is 14.1 Å². The number of benzene rings is 2. The summed E-state index contributed by atoms with van der Waals surface area (Å²) >= 11 is 0. The summed E-state index contributed by atoms with van der Waals surface area (Å²) in [6, 6.07) is 25.9. The first-order valence-electron chi connectivity index (χ1n) is 10.5. The molecule has 0 saturated heterocycles. The number of para-hydroxylation sites is 2. The van der Waals surface area contributed by atoms with Crippen molar-refractivity contribution >= 4 is 35.2 Å². The summed E-state index contributed by atoms with van der Waals surface area (Å²) in [6.07, 6.45) is 0. The van der Waals surface area contributed by atoms with Gasteiger partial charge in [-0.15, -0.1) is 0 Å². The van der Waals surface area contributed by atoms with Crippen LogP contribution in [0.4, 0.5) is 0 Å². The second kappa shape index (κ2) is 8.40. The predicted molar refractivity (Wildman–Crippen MR) is 127 cm³/mol. The van der Waals surface area contributed by atoms with Gasteiger partial charge in [0, 0.05) is 36.1 Å². The van der Waals surface area contributed by atoms with Crippen LogP contribution in [0.25, 0.3) is 21.8 Å². The first-order valence-corrected chi connectivity index (χ1v) is 13.2. The number of fused-ring (bicyclic) bond motifs is 2. The third-order valence-electron chi connectivity index (χ3n) is 6.72. The second-order valence-corrected chi connectivity index (χ2v) is 13.1. The number of hydrogen-bond donors (Lipinski definition) is 0. The molecule has 0 radical (unpaired) electrons. The molecular formula is C25H34N2Si. The van der Waals surface area contributed by atoms with E-state index in [0.717, 1.165) is 0 Å². The molecule has 3 heteroatoms. The molecule has 2 nitrogen and oxygen atoms in total. The lowest BCUT2D eigenvalue weighted by atomic mass is 10.2. The molecule has 0 unspecified atom stereocenters. The lowest BCUT2D eigenvalue weighted by Crippen LogP contribution is -2.48. The molecule has 0 aliphatic rings. The van der Waals surface area contributed by atoms with Gasteiger partial charge in [-0.3, -0.25) is 0 Å². The Balaban J connectivity index is 0.000000176. The highest BCUT2D eigenvalue weighted by molar-refractivity contribution is 6.91. The van der Waals surface area contributed by atoms with Gasteiger partial charge in [-0.25, -0.2) is 0 Å². The largest absolute Gasteiger partial charge is 0.352 e. The van der Waals surface area contributed by atoms with E-state index in [0.29, 0.717) is 0 Å². The van der Waals surface area contributed by atoms with Gasteiger partial charge in [-0.1, -0.05) is 75.3 Å². The van der Waals surface area contributed by atoms with Crippen molar-refractivity contribution in [3.05, 3.63) is 66.4 Å². The van der Waals surface area contributed by atoms with E-state index in [1.165, 1.54) is 45.6 Å². The summed E-state index contributed by atoms with van der Waals surface area (Å²) in [4.78, 5) is 0. The van der Waals surface area contributed by atoms with Crippen LogP contribution in [0.15, 0.2) is 60.7 Å². The third-order valence-corrected chi connectivity index (χ3v) is 12.3. The number of hydrogen-bond acceptors (Lipinski definition) is 0. The summed E-state index contributed by atoms with van der Waals surface area (Å²) in [5.41, 5.74) is 4.01. The summed E-state index contributed by atoms with van der Waals surface area (Å²) in [5.74, 6) is 0. The van der Waals surface area contributed by atoms with E-state index < -0.39 is 8.07 Å². The average molecular weight is 391 g/mol. The zero-order chi connectivity index (χ0) is 20.3. The molecule has 4 aromatic rings. The molecule has 0 amide bonds. The van der Waals surface area contributed by atoms with E-state index in [-0.39, 0.29) is 0 Å². The minimum Gasteiger partial charge on any atom is -0.352 e. The van der Waals surface area contributed by atoms with E-state index in [1.54, 1.807) is 5.32 Å². The van der Waals surface area contributed by atoms with Crippen molar-refractivity contribution in [2.45, 2.75) is 45.8 Å². The normalized spacial score (nSPS) is 11.6. The Morgan fingerprint density at radius 1 is 0.679 bits per heavy atom. The highest BCUT2D eigenvalue weighted by Gasteiger charge is 2.32. The maximum atomic E-state index is 2.44. The highest BCUT2D eigenvalue weighted by Crippen LogP contribution is 2.24. The van der Waals surface area contributed by atoms with Crippen molar-refractivity contribution in [3.63, 3.8) is 0 Å². The van der Waals surface area contributed by atoms with Crippen molar-refractivity contribution in [1.82, 2.24) is 9.13 Å². The van der Waals surface area contributed by atoms with Crippen LogP contribution in [0.5, 0.6) is 0 Å². The van der Waals surface area contributed by atoms with Crippen LogP contribution in [0.2, 0.25) is 18.1 Å². The summed E-state index contributed by atoms with van der Waals surface area (Å²) in [6.45, 7) is 9.24. The van der Waals surface area contributed by atoms with Gasteiger partial charge in [0.15, 0.2) is 0 Å². The van der Waals surface area contributed by atoms with Gasteiger partial charge in [-0.2, -0.15) is 0 Å². The lowest BCUT2D eigenvalue weighted by Gasteiger charge is -2.28. The second-order valence-electron chi connectivity index (χ2n) is 7.89. The van der Waals surface area contributed by atoms with Gasteiger partial charge >= 0.3 is 0 Å². The molecule has 28 heavy (non-hydrogen) atoms. The minimum atomic E-state index is -1.26. The molecule has 148 valence electrons. The molecule has 0 spiro atoms. The van der Waals surface area contributed by atoms with E-state index in [4.69, 9.17) is 0 Å². The van der Waals surface area contributed by atoms with Crippen molar-refractivity contribution in [2.24, 2.45) is 14.1 Å². The molecule has 4 rings (SSSR count). The molecule has 0 atom stereocenters. The van der Waals surface area contributed by atoms with Crippen LogP contribution in [0, 0.1) is 6.92 Å². The van der Waals surface area contributed by atoms with E-state index in [9.17, 15) is 0 Å². The van der Waals surface area contributed by atoms with Gasteiger partial charge in [0.2, 0.25) is 0 Å². The number of rotatable bonds is 4. The molecule has 0 saturated carbocycles. The fourth-order valence-electron chi connectivity index (χ4n) is 4.52. The minimum absolute atomic E-state index is 1.26. The predicted octanol–water partition coefficient (Wildman–Crippen LogP) is 6.38. The quantitative estimate of drug-likeness (QED) is 0.358. The SMILES string of the molecule is CC[Si](CC)(CC)c1cc2ccccc2n1C.Cc1cc2ccccc2n1C. The summed E-state index contributed by atoms with van der Waals surface area (Å²) in [5, 5.41) is 4.36. The Morgan fingerprint density at radius 2 is 1.14 bits per heavy atom. The Bertz CT molecular complexity index is 1060. The standard InChI is InChI=1S/C15H23NSi.C10H11N/c1-5-17(6-2,7-3)15-12-13-10-8-9-11-14(13)16(15)4;1-8-7-9-5-3-4-6-10(9)11(8)2/h8-12H,5-7H2,1-4H3;3-7H,1-2H3. The zero-order valence-corrected chi connectivity index (χ0v) is 19.3. The average Bonchev–Trinajstić information content (AvgIpc) is 3.22. The zero-order valence-electron chi connectivity index (χ0n) is 18.3. The lowest BCUT2D eigenvalue weighted by molar-refractivity contribution is 0.918. The first kappa shape index (κ1) is 20.5. The van der Waals surface area contributed by atoms with Crippen molar-refractivity contribution < 1.29 is 0 Å². The van der Waals surface area contributed by atoms with Crippen LogP contribution in [0.1, 0.15) is 26.5 Å². The monoisotopic (exact) mass is 390 g/mol. The fourth-order valence-corrected chi connectivity index (χ4v) is 8.40. The number of aromatic nitrogens is 2. The molecule has 0 aliphatic carbocycles. The van der Waals surface area contributed by atoms with Gasteiger partial charge < -0.3 is 9.13 Å². The third kappa shape index (κ3) is 3.56. The van der Waals surface area contributed by atoms with E-state index in [1.807, 2.05) is 0 Å². The Hall–Kier alpha value is -2.26. The Morgan fingerprint density at radius 3 is 1.61 bits per heavy atom. The molecule has 0 fully saturated rings. The Kier molecular flexibility index (Phi) is 6.14. The van der Waals surface area contributed by atoms with Gasteiger partial charge in [0.1, 0.15) is 8.07 Å². The van der Waals surface area contributed by atoms with Crippen LogP contribution >= 0.6 is 0 Å². The van der Waals surface area contributed by atoms with Gasteiger partial charge in [-0.05, 0) is 42.0 Å². The molecule has 0 N–H and O–H groups in total. The van der Waals surface area contributed by atoms with E-state index >= 15 is 0 Å². The van der Waals surface area contributed by atoms with Crippen molar-refractivity contribution in [2.75, 3.05) is 0 Å². The first-order chi connectivity index (χ1) is 13.5. The van der Waals surface area contributed by atoms with Crippen LogP contribution in [0.3, 0.4) is 0 Å². The van der Waals surface area contributed by atoms with Gasteiger partial charge in [0.05, 0.1) is 0 Å². The molecule has 2 heterocycles. The maximum absolute atomic E-state index is 2.44. The number of nitrogens with zero attached hydrogens (tertiary/aromatic N) is 2. The summed E-state index contributed by atoms with van der Waals surface area (Å²) in [7, 11) is 3.07. The molecule has 2 aromatic carbocycles. The summed E-state index contributed by atoms with van der Waals surface area (Å²) < 4.78 is 4.65. The topological polar surface area (TPSA) is 9.86 Å². The molecule has 2 aromatic heterocycles.